The van der Waals surface area contributed by atoms with Gasteiger partial charge in [-0.15, -0.1) is 0 Å². The Labute approximate surface area is 175 Å². The van der Waals surface area contributed by atoms with Crippen molar-refractivity contribution in [3.05, 3.63) is 48.5 Å². The molecule has 1 aromatic heterocycles. The van der Waals surface area contributed by atoms with E-state index in [0.29, 0.717) is 5.69 Å². The van der Waals surface area contributed by atoms with E-state index in [4.69, 9.17) is 9.57 Å². The number of pyridine rings is 1. The zero-order chi connectivity index (χ0) is 22.5. The number of benzene rings is 1. The van der Waals surface area contributed by atoms with Gasteiger partial charge in [0.2, 0.25) is 11.6 Å². The molecule has 0 saturated carbocycles. The Bertz CT molecular complexity index is 898. The molecule has 30 heavy (non-hydrogen) atoms. The van der Waals surface area contributed by atoms with Crippen molar-refractivity contribution >= 4 is 23.3 Å². The van der Waals surface area contributed by atoms with E-state index in [1.54, 1.807) is 52.9 Å². The maximum Gasteiger partial charge on any atom is 0.323 e. The highest BCUT2D eigenvalue weighted by atomic mass is 19.1. The second-order valence-corrected chi connectivity index (χ2v) is 8.06. The highest BCUT2D eigenvalue weighted by molar-refractivity contribution is 5.99. The number of amides is 3. The monoisotopic (exact) mass is 418 g/mol. The zero-order valence-corrected chi connectivity index (χ0v) is 17.9. The van der Waals surface area contributed by atoms with Gasteiger partial charge in [0.1, 0.15) is 11.6 Å². The minimum atomic E-state index is -1.25. The van der Waals surface area contributed by atoms with Crippen LogP contribution in [-0.2, 0) is 9.63 Å². The quantitative estimate of drug-likeness (QED) is 0.530. The molecule has 1 aromatic carbocycles. The van der Waals surface area contributed by atoms with Gasteiger partial charge in [-0.25, -0.2) is 9.18 Å². The fourth-order valence-electron chi connectivity index (χ4n) is 2.58. The van der Waals surface area contributed by atoms with Gasteiger partial charge in [0.05, 0.1) is 17.5 Å². The number of halogens is 1. The molecule has 2 N–H and O–H groups in total. The minimum Gasteiger partial charge on any atom is -0.466 e. The summed E-state index contributed by atoms with van der Waals surface area (Å²) < 4.78 is 20.0. The SMILES string of the molecule is CC(=O)N(OC(C)(C)C)C(C)(C)Oc1cc(F)cc(NC(=O)Nc2cccnc2)c1. The maximum absolute atomic E-state index is 14.1. The Morgan fingerprint density at radius 3 is 2.30 bits per heavy atom. The summed E-state index contributed by atoms with van der Waals surface area (Å²) in [5.41, 5.74) is -1.23. The first-order valence-electron chi connectivity index (χ1n) is 9.33. The number of aromatic nitrogens is 1. The number of hydrogen-bond donors (Lipinski definition) is 2. The minimum absolute atomic E-state index is 0.112. The van der Waals surface area contributed by atoms with Gasteiger partial charge in [-0.05, 0) is 52.8 Å². The van der Waals surface area contributed by atoms with Crippen molar-refractivity contribution in [3.63, 3.8) is 0 Å². The fraction of sp³-hybridized carbons (Fsp3) is 0.381. The molecule has 0 bridgehead atoms. The van der Waals surface area contributed by atoms with Crippen LogP contribution in [0.1, 0.15) is 41.5 Å². The molecule has 0 radical (unpaired) electrons. The Hall–Kier alpha value is -3.20. The summed E-state index contributed by atoms with van der Waals surface area (Å²) in [6.07, 6.45) is 3.06. The van der Waals surface area contributed by atoms with Gasteiger partial charge < -0.3 is 15.4 Å². The standard InChI is InChI=1S/C21H27FN4O4/c1-14(27)26(30-20(2,3)4)21(5,6)29-18-11-15(22)10-17(12-18)25-19(28)24-16-8-7-9-23-13-16/h7-13H,1-6H3,(H2,24,25,28). The lowest BCUT2D eigenvalue weighted by atomic mass is 10.2. The van der Waals surface area contributed by atoms with E-state index in [-0.39, 0.29) is 17.3 Å². The fourth-order valence-corrected chi connectivity index (χ4v) is 2.58. The van der Waals surface area contributed by atoms with Crippen LogP contribution in [0.15, 0.2) is 42.7 Å². The number of carbonyl (C=O) groups is 2. The molecule has 8 nitrogen and oxygen atoms in total. The van der Waals surface area contributed by atoms with Crippen LogP contribution >= 0.6 is 0 Å². The number of hydroxylamine groups is 2. The normalized spacial score (nSPS) is 11.6. The van der Waals surface area contributed by atoms with Crippen LogP contribution in [-0.4, -0.2) is 33.3 Å². The van der Waals surface area contributed by atoms with Gasteiger partial charge in [-0.3, -0.25) is 14.6 Å². The molecule has 0 fully saturated rings. The average molecular weight is 418 g/mol. The van der Waals surface area contributed by atoms with Crippen LogP contribution in [0.2, 0.25) is 0 Å². The van der Waals surface area contributed by atoms with Crippen LogP contribution in [0.25, 0.3) is 0 Å². The first kappa shape index (κ1) is 23.1. The molecule has 0 aliphatic carbocycles. The molecule has 162 valence electrons. The predicted octanol–water partition coefficient (Wildman–Crippen LogP) is 4.56. The number of urea groups is 1. The van der Waals surface area contributed by atoms with Crippen molar-refractivity contribution in [1.29, 1.82) is 0 Å². The Morgan fingerprint density at radius 2 is 1.73 bits per heavy atom. The molecule has 2 rings (SSSR count). The summed E-state index contributed by atoms with van der Waals surface area (Å²) in [6.45, 7) is 9.97. The van der Waals surface area contributed by atoms with Crippen LogP contribution in [0.5, 0.6) is 5.75 Å². The summed E-state index contributed by atoms with van der Waals surface area (Å²) in [5, 5.41) is 6.22. The summed E-state index contributed by atoms with van der Waals surface area (Å²) >= 11 is 0. The molecule has 0 unspecified atom stereocenters. The summed E-state index contributed by atoms with van der Waals surface area (Å²) in [5.74, 6) is -0.882. The molecule has 0 saturated heterocycles. The van der Waals surface area contributed by atoms with Crippen LogP contribution in [0.4, 0.5) is 20.6 Å². The van der Waals surface area contributed by atoms with E-state index in [1.165, 1.54) is 19.2 Å². The van der Waals surface area contributed by atoms with Gasteiger partial charge in [0.25, 0.3) is 0 Å². The van der Waals surface area contributed by atoms with E-state index in [1.807, 2.05) is 0 Å². The van der Waals surface area contributed by atoms with E-state index in [9.17, 15) is 14.0 Å². The van der Waals surface area contributed by atoms with Gasteiger partial charge >= 0.3 is 6.03 Å². The summed E-state index contributed by atoms with van der Waals surface area (Å²) in [7, 11) is 0. The molecule has 0 aliphatic heterocycles. The van der Waals surface area contributed by atoms with Crippen LogP contribution in [0, 0.1) is 5.82 Å². The third-order valence-corrected chi connectivity index (χ3v) is 3.56. The van der Waals surface area contributed by atoms with Crippen molar-refractivity contribution in [2.75, 3.05) is 10.6 Å². The van der Waals surface area contributed by atoms with Crippen LogP contribution < -0.4 is 15.4 Å². The number of ether oxygens (including phenoxy) is 1. The number of nitrogens with zero attached hydrogens (tertiary/aromatic N) is 2. The number of hydrogen-bond acceptors (Lipinski definition) is 5. The average Bonchev–Trinajstić information content (AvgIpc) is 2.58. The molecule has 0 aliphatic rings. The predicted molar refractivity (Wildman–Crippen MR) is 111 cm³/mol. The number of rotatable bonds is 6. The molecule has 3 amide bonds. The summed E-state index contributed by atoms with van der Waals surface area (Å²) in [4.78, 5) is 33.9. The topological polar surface area (TPSA) is 92.8 Å². The first-order chi connectivity index (χ1) is 13.9. The maximum atomic E-state index is 14.1. The molecule has 1 heterocycles. The molecule has 0 spiro atoms. The Morgan fingerprint density at radius 1 is 1.07 bits per heavy atom. The van der Waals surface area contributed by atoms with E-state index >= 15 is 0 Å². The van der Waals surface area contributed by atoms with Gasteiger partial charge in [-0.1, -0.05) is 0 Å². The largest absolute Gasteiger partial charge is 0.466 e. The van der Waals surface area contributed by atoms with Gasteiger partial charge in [0.15, 0.2) is 0 Å². The number of carbonyl (C=O) groups excluding carboxylic acids is 2. The second kappa shape index (κ2) is 9.08. The van der Waals surface area contributed by atoms with Crippen molar-refractivity contribution in [1.82, 2.24) is 10.0 Å². The van der Waals surface area contributed by atoms with Crippen LogP contribution in [0.3, 0.4) is 0 Å². The highest BCUT2D eigenvalue weighted by Gasteiger charge is 2.35. The highest BCUT2D eigenvalue weighted by Crippen LogP contribution is 2.28. The third-order valence-electron chi connectivity index (χ3n) is 3.56. The van der Waals surface area contributed by atoms with Crippen molar-refractivity contribution in [2.45, 2.75) is 52.9 Å². The second-order valence-electron chi connectivity index (χ2n) is 8.06. The van der Waals surface area contributed by atoms with Crippen molar-refractivity contribution in [3.8, 4) is 5.75 Å². The van der Waals surface area contributed by atoms with E-state index in [2.05, 4.69) is 15.6 Å². The Balaban J connectivity index is 2.17. The van der Waals surface area contributed by atoms with Crippen molar-refractivity contribution < 1.29 is 23.6 Å². The first-order valence-corrected chi connectivity index (χ1v) is 9.33. The Kier molecular flexibility index (Phi) is 6.99. The lowest BCUT2D eigenvalue weighted by Gasteiger charge is -2.40. The molecule has 2 aromatic rings. The van der Waals surface area contributed by atoms with Gasteiger partial charge in [-0.2, -0.15) is 5.06 Å². The van der Waals surface area contributed by atoms with E-state index < -0.39 is 23.2 Å². The number of anilines is 2. The smallest absolute Gasteiger partial charge is 0.323 e. The molecular formula is C21H27FN4O4. The zero-order valence-electron chi connectivity index (χ0n) is 17.9. The summed E-state index contributed by atoms with van der Waals surface area (Å²) in [6, 6.07) is 6.52. The molecule has 9 heteroatoms. The molecular weight excluding hydrogens is 391 g/mol. The lowest BCUT2D eigenvalue weighted by molar-refractivity contribution is -0.294. The van der Waals surface area contributed by atoms with E-state index in [0.717, 1.165) is 17.2 Å². The lowest BCUT2D eigenvalue weighted by Crippen LogP contribution is -2.53. The number of nitrogens with one attached hydrogen (secondary N) is 2. The van der Waals surface area contributed by atoms with Gasteiger partial charge in [0, 0.05) is 30.9 Å². The van der Waals surface area contributed by atoms with Crippen molar-refractivity contribution in [2.24, 2.45) is 0 Å². The third kappa shape index (κ3) is 7.00. The molecule has 0 atom stereocenters.